The Morgan fingerprint density at radius 2 is 1.97 bits per heavy atom. The number of benzene rings is 2. The van der Waals surface area contributed by atoms with Crippen LogP contribution in [0.25, 0.3) is 11.3 Å². The number of carbonyl (C=O) groups excluding carboxylic acids is 2. The van der Waals surface area contributed by atoms with Crippen LogP contribution >= 0.6 is 11.3 Å². The third kappa shape index (κ3) is 5.30. The van der Waals surface area contributed by atoms with E-state index in [0.717, 1.165) is 38.1 Å². The number of nitrogens with one attached hydrogen (secondary N) is 2. The number of hydrogen-bond donors (Lipinski definition) is 2. The molecule has 0 spiro atoms. The first-order valence-electron chi connectivity index (χ1n) is 10.3. The average Bonchev–Trinajstić information content (AvgIpc) is 3.11. The molecule has 1 aliphatic rings. The van der Waals surface area contributed by atoms with E-state index in [-0.39, 0.29) is 11.8 Å². The maximum atomic E-state index is 12.5. The number of amides is 2. The molecule has 7 heteroatoms. The molecule has 0 aliphatic carbocycles. The van der Waals surface area contributed by atoms with Crippen LogP contribution in [0.3, 0.4) is 0 Å². The smallest absolute Gasteiger partial charge is 0.225 e. The summed E-state index contributed by atoms with van der Waals surface area (Å²) in [5, 5.41) is 6.73. The number of fused-ring (bicyclic) bond motifs is 1. The van der Waals surface area contributed by atoms with Gasteiger partial charge in [0.2, 0.25) is 11.8 Å². The SMILES string of the molecule is Cc1ccc(-c2nc(C)sc2CC(=O)NCCOc2ccc3c(c2)CCC(=O)N3)cc1. The van der Waals surface area contributed by atoms with Gasteiger partial charge in [-0.2, -0.15) is 0 Å². The van der Waals surface area contributed by atoms with Crippen molar-refractivity contribution in [3.05, 3.63) is 63.5 Å². The molecule has 31 heavy (non-hydrogen) atoms. The monoisotopic (exact) mass is 435 g/mol. The predicted molar refractivity (Wildman–Crippen MR) is 123 cm³/mol. The molecule has 0 unspecified atom stereocenters. The highest BCUT2D eigenvalue weighted by Crippen LogP contribution is 2.29. The lowest BCUT2D eigenvalue weighted by Crippen LogP contribution is -2.29. The Bertz CT molecular complexity index is 1110. The number of carbonyl (C=O) groups is 2. The van der Waals surface area contributed by atoms with Crippen LogP contribution in [0.15, 0.2) is 42.5 Å². The molecule has 6 nitrogen and oxygen atoms in total. The summed E-state index contributed by atoms with van der Waals surface area (Å²) in [6.45, 7) is 4.81. The molecule has 2 aromatic carbocycles. The van der Waals surface area contributed by atoms with E-state index in [1.807, 2.05) is 37.3 Å². The Labute approximate surface area is 185 Å². The number of nitrogens with zero attached hydrogens (tertiary/aromatic N) is 1. The lowest BCUT2D eigenvalue weighted by Gasteiger charge is -2.17. The van der Waals surface area contributed by atoms with E-state index in [9.17, 15) is 9.59 Å². The summed E-state index contributed by atoms with van der Waals surface area (Å²) in [7, 11) is 0. The number of hydrogen-bond acceptors (Lipinski definition) is 5. The fraction of sp³-hybridized carbons (Fsp3) is 0.292. The molecule has 2 N–H and O–H groups in total. The lowest BCUT2D eigenvalue weighted by molar-refractivity contribution is -0.120. The number of anilines is 1. The lowest BCUT2D eigenvalue weighted by atomic mass is 10.0. The normalized spacial score (nSPS) is 12.8. The second kappa shape index (κ2) is 9.31. The molecular formula is C24H25N3O3S. The first kappa shape index (κ1) is 21.1. The highest BCUT2D eigenvalue weighted by Gasteiger charge is 2.16. The van der Waals surface area contributed by atoms with Crippen LogP contribution in [0.5, 0.6) is 5.75 Å². The van der Waals surface area contributed by atoms with Crippen LogP contribution in [0.1, 0.15) is 27.4 Å². The maximum Gasteiger partial charge on any atom is 0.225 e. The molecule has 4 rings (SSSR count). The third-order valence-corrected chi connectivity index (χ3v) is 6.09. The Morgan fingerprint density at radius 3 is 2.77 bits per heavy atom. The van der Waals surface area contributed by atoms with Crippen molar-refractivity contribution in [2.75, 3.05) is 18.5 Å². The van der Waals surface area contributed by atoms with Gasteiger partial charge in [0, 0.05) is 22.5 Å². The van der Waals surface area contributed by atoms with Gasteiger partial charge in [-0.15, -0.1) is 11.3 Å². The largest absolute Gasteiger partial charge is 0.492 e. The Kier molecular flexibility index (Phi) is 6.32. The summed E-state index contributed by atoms with van der Waals surface area (Å²) >= 11 is 1.56. The van der Waals surface area contributed by atoms with Gasteiger partial charge in [0.25, 0.3) is 0 Å². The van der Waals surface area contributed by atoms with E-state index >= 15 is 0 Å². The Balaban J connectivity index is 1.29. The van der Waals surface area contributed by atoms with Crippen LogP contribution in [-0.4, -0.2) is 29.9 Å². The standard InChI is InChI=1S/C24H25N3O3S/c1-15-3-5-17(6-4-15)24-21(31-16(2)26-24)14-23(29)25-11-12-30-19-8-9-20-18(13-19)7-10-22(28)27-20/h3-6,8-9,13H,7,10-12,14H2,1-2H3,(H,25,29)(H,27,28). The van der Waals surface area contributed by atoms with Crippen molar-refractivity contribution < 1.29 is 14.3 Å². The molecule has 2 amide bonds. The van der Waals surface area contributed by atoms with Crippen LogP contribution in [-0.2, 0) is 22.4 Å². The number of aryl methyl sites for hydroxylation is 3. The maximum absolute atomic E-state index is 12.5. The van der Waals surface area contributed by atoms with Crippen molar-refractivity contribution in [3.63, 3.8) is 0 Å². The third-order valence-electron chi connectivity index (χ3n) is 5.12. The second-order valence-electron chi connectivity index (χ2n) is 7.61. The molecule has 1 aromatic heterocycles. The van der Waals surface area contributed by atoms with Gasteiger partial charge >= 0.3 is 0 Å². The number of ether oxygens (including phenoxy) is 1. The highest BCUT2D eigenvalue weighted by molar-refractivity contribution is 7.12. The molecule has 0 saturated heterocycles. The molecule has 0 saturated carbocycles. The van der Waals surface area contributed by atoms with Gasteiger partial charge in [0.15, 0.2) is 0 Å². The molecule has 0 atom stereocenters. The van der Waals surface area contributed by atoms with E-state index in [1.54, 1.807) is 11.3 Å². The fourth-order valence-electron chi connectivity index (χ4n) is 3.54. The summed E-state index contributed by atoms with van der Waals surface area (Å²) in [4.78, 5) is 29.5. The minimum atomic E-state index is -0.0474. The summed E-state index contributed by atoms with van der Waals surface area (Å²) in [6, 6.07) is 13.8. The van der Waals surface area contributed by atoms with Gasteiger partial charge in [-0.05, 0) is 44.0 Å². The quantitative estimate of drug-likeness (QED) is 0.549. The van der Waals surface area contributed by atoms with Gasteiger partial charge in [-0.25, -0.2) is 4.98 Å². The molecule has 160 valence electrons. The molecule has 2 heterocycles. The van der Waals surface area contributed by atoms with Crippen LogP contribution < -0.4 is 15.4 Å². The predicted octanol–water partition coefficient (Wildman–Crippen LogP) is 4.05. The molecule has 1 aliphatic heterocycles. The van der Waals surface area contributed by atoms with Gasteiger partial charge in [-0.3, -0.25) is 9.59 Å². The van der Waals surface area contributed by atoms with E-state index in [2.05, 4.69) is 34.7 Å². The van der Waals surface area contributed by atoms with Gasteiger partial charge < -0.3 is 15.4 Å². The van der Waals surface area contributed by atoms with Crippen molar-refractivity contribution in [3.8, 4) is 17.0 Å². The molecule has 0 fully saturated rings. The molecule has 0 radical (unpaired) electrons. The topological polar surface area (TPSA) is 80.3 Å². The van der Waals surface area contributed by atoms with E-state index in [0.29, 0.717) is 32.4 Å². The molecule has 3 aromatic rings. The second-order valence-corrected chi connectivity index (χ2v) is 8.90. The highest BCUT2D eigenvalue weighted by atomic mass is 32.1. The van der Waals surface area contributed by atoms with Crippen LogP contribution in [0, 0.1) is 13.8 Å². The zero-order chi connectivity index (χ0) is 21.8. The number of aromatic nitrogens is 1. The molecular weight excluding hydrogens is 410 g/mol. The molecule has 0 bridgehead atoms. The van der Waals surface area contributed by atoms with E-state index in [1.165, 1.54) is 5.56 Å². The number of thiazole rings is 1. The fourth-order valence-corrected chi connectivity index (χ4v) is 4.50. The van der Waals surface area contributed by atoms with Crippen LogP contribution in [0.2, 0.25) is 0 Å². The summed E-state index contributed by atoms with van der Waals surface area (Å²) in [5.74, 6) is 0.739. The van der Waals surface area contributed by atoms with Crippen LogP contribution in [0.4, 0.5) is 5.69 Å². The Hall–Kier alpha value is -3.19. The van der Waals surface area contributed by atoms with Gasteiger partial charge in [0.05, 0.1) is 23.7 Å². The van der Waals surface area contributed by atoms with Crippen molar-refractivity contribution in [2.24, 2.45) is 0 Å². The van der Waals surface area contributed by atoms with Gasteiger partial charge in [0.1, 0.15) is 12.4 Å². The average molecular weight is 436 g/mol. The van der Waals surface area contributed by atoms with Crippen molar-refractivity contribution >= 4 is 28.8 Å². The minimum absolute atomic E-state index is 0.0468. The zero-order valence-corrected chi connectivity index (χ0v) is 18.5. The van der Waals surface area contributed by atoms with E-state index < -0.39 is 0 Å². The zero-order valence-electron chi connectivity index (χ0n) is 17.7. The van der Waals surface area contributed by atoms with Crippen molar-refractivity contribution in [1.29, 1.82) is 0 Å². The summed E-state index contributed by atoms with van der Waals surface area (Å²) < 4.78 is 5.77. The van der Waals surface area contributed by atoms with Crippen molar-refractivity contribution in [2.45, 2.75) is 33.1 Å². The minimum Gasteiger partial charge on any atom is -0.492 e. The van der Waals surface area contributed by atoms with E-state index in [4.69, 9.17) is 4.74 Å². The summed E-state index contributed by atoms with van der Waals surface area (Å²) in [6.07, 6.45) is 1.51. The first-order chi connectivity index (χ1) is 15.0. The van der Waals surface area contributed by atoms with Crippen molar-refractivity contribution in [1.82, 2.24) is 10.3 Å². The van der Waals surface area contributed by atoms with Gasteiger partial charge in [-0.1, -0.05) is 29.8 Å². The Morgan fingerprint density at radius 1 is 1.16 bits per heavy atom. The number of rotatable bonds is 7. The summed E-state index contributed by atoms with van der Waals surface area (Å²) in [5.41, 5.74) is 5.03. The first-order valence-corrected chi connectivity index (χ1v) is 11.2.